The summed E-state index contributed by atoms with van der Waals surface area (Å²) in [7, 11) is 0. The average molecular weight is 301 g/mol. The molecular formula is C15H19N5O2. The van der Waals surface area contributed by atoms with Crippen LogP contribution in [0.1, 0.15) is 31.3 Å². The van der Waals surface area contributed by atoms with Crippen LogP contribution in [0.4, 0.5) is 0 Å². The summed E-state index contributed by atoms with van der Waals surface area (Å²) in [4.78, 5) is 33.4. The average Bonchev–Trinajstić information content (AvgIpc) is 3.07. The van der Waals surface area contributed by atoms with Crippen LogP contribution in [0.3, 0.4) is 0 Å². The molecule has 1 saturated heterocycles. The molecule has 3 heterocycles. The van der Waals surface area contributed by atoms with E-state index in [9.17, 15) is 9.59 Å². The molecule has 7 heteroatoms. The third kappa shape index (κ3) is 2.54. The van der Waals surface area contributed by atoms with Crippen LogP contribution in [0.5, 0.6) is 0 Å². The smallest absolute Gasteiger partial charge is 0.251 e. The fraction of sp³-hybridized carbons (Fsp3) is 0.467. The number of carbonyl (C=O) groups excluding carboxylic acids is 1. The molecule has 1 amide bonds. The summed E-state index contributed by atoms with van der Waals surface area (Å²) in [6, 6.07) is 3.24. The van der Waals surface area contributed by atoms with E-state index < -0.39 is 5.54 Å². The molecule has 7 nitrogen and oxygen atoms in total. The Labute approximate surface area is 128 Å². The minimum Gasteiger partial charge on any atom is -0.328 e. The van der Waals surface area contributed by atoms with E-state index in [0.717, 1.165) is 12.8 Å². The molecule has 1 atom stereocenters. The van der Waals surface area contributed by atoms with Gasteiger partial charge >= 0.3 is 0 Å². The lowest BCUT2D eigenvalue weighted by Crippen LogP contribution is -2.46. The zero-order valence-corrected chi connectivity index (χ0v) is 12.7. The van der Waals surface area contributed by atoms with Crippen LogP contribution >= 0.6 is 0 Å². The first-order valence-corrected chi connectivity index (χ1v) is 7.35. The third-order valence-corrected chi connectivity index (χ3v) is 4.18. The molecule has 1 aliphatic rings. The van der Waals surface area contributed by atoms with Crippen LogP contribution < -0.4 is 5.56 Å². The monoisotopic (exact) mass is 301 g/mol. The number of H-pyrrole nitrogens is 1. The molecule has 116 valence electrons. The molecule has 0 aliphatic carbocycles. The van der Waals surface area contributed by atoms with Gasteiger partial charge in [0.1, 0.15) is 12.4 Å². The summed E-state index contributed by atoms with van der Waals surface area (Å²) < 4.78 is 1.60. The largest absolute Gasteiger partial charge is 0.328 e. The van der Waals surface area contributed by atoms with Gasteiger partial charge in [-0.15, -0.1) is 0 Å². The minimum absolute atomic E-state index is 0.0205. The molecule has 0 radical (unpaired) electrons. The Morgan fingerprint density at radius 3 is 3.00 bits per heavy atom. The van der Waals surface area contributed by atoms with Gasteiger partial charge in [0.25, 0.3) is 5.56 Å². The molecule has 1 aliphatic heterocycles. The molecule has 0 bridgehead atoms. The van der Waals surface area contributed by atoms with E-state index in [4.69, 9.17) is 0 Å². The van der Waals surface area contributed by atoms with Crippen molar-refractivity contribution in [3.63, 3.8) is 0 Å². The minimum atomic E-state index is -0.574. The van der Waals surface area contributed by atoms with Crippen molar-refractivity contribution in [2.45, 2.75) is 38.8 Å². The summed E-state index contributed by atoms with van der Waals surface area (Å²) >= 11 is 0. The van der Waals surface area contributed by atoms with Crippen molar-refractivity contribution in [3.8, 4) is 0 Å². The number of nitrogens with one attached hydrogen (secondary N) is 1. The van der Waals surface area contributed by atoms with E-state index in [2.05, 4.69) is 15.1 Å². The summed E-state index contributed by atoms with van der Waals surface area (Å²) in [5.74, 6) is 0.539. The SMILES string of the molecule is Cc1cc(=O)[nH]c([C@]2(C)CCCN2C(=O)Cn2cccn2)n1. The highest BCUT2D eigenvalue weighted by Gasteiger charge is 2.43. The van der Waals surface area contributed by atoms with Gasteiger partial charge in [0.15, 0.2) is 0 Å². The van der Waals surface area contributed by atoms with Crippen LogP contribution in [0, 0.1) is 6.92 Å². The summed E-state index contributed by atoms with van der Waals surface area (Å²) in [5, 5.41) is 4.07. The number of aryl methyl sites for hydroxylation is 1. The molecule has 1 N–H and O–H groups in total. The van der Waals surface area contributed by atoms with Crippen LogP contribution in [0.15, 0.2) is 29.3 Å². The first-order chi connectivity index (χ1) is 10.5. The van der Waals surface area contributed by atoms with Gasteiger partial charge in [-0.25, -0.2) is 4.98 Å². The van der Waals surface area contributed by atoms with Crippen molar-refractivity contribution in [2.24, 2.45) is 0 Å². The second kappa shape index (κ2) is 5.40. The topological polar surface area (TPSA) is 83.9 Å². The fourth-order valence-corrected chi connectivity index (χ4v) is 3.06. The zero-order valence-electron chi connectivity index (χ0n) is 12.7. The van der Waals surface area contributed by atoms with Crippen molar-refractivity contribution in [1.29, 1.82) is 0 Å². The number of carbonyl (C=O) groups is 1. The summed E-state index contributed by atoms with van der Waals surface area (Å²) in [6.07, 6.45) is 5.08. The first kappa shape index (κ1) is 14.5. The lowest BCUT2D eigenvalue weighted by Gasteiger charge is -2.34. The highest BCUT2D eigenvalue weighted by atomic mass is 16.2. The normalized spacial score (nSPS) is 21.3. The second-order valence-corrected chi connectivity index (χ2v) is 5.86. The van der Waals surface area contributed by atoms with E-state index in [1.54, 1.807) is 35.0 Å². The highest BCUT2D eigenvalue weighted by Crippen LogP contribution is 2.36. The number of likely N-dealkylation sites (tertiary alicyclic amines) is 1. The lowest BCUT2D eigenvalue weighted by atomic mass is 9.97. The van der Waals surface area contributed by atoms with Gasteiger partial charge in [-0.3, -0.25) is 14.3 Å². The van der Waals surface area contributed by atoms with Crippen LogP contribution in [0.25, 0.3) is 0 Å². The van der Waals surface area contributed by atoms with Crippen LogP contribution in [-0.4, -0.2) is 37.1 Å². The van der Waals surface area contributed by atoms with E-state index in [-0.39, 0.29) is 18.0 Å². The number of rotatable bonds is 3. The maximum atomic E-state index is 12.6. The standard InChI is InChI=1S/C15H19N5O2/c1-11-9-12(21)18-14(17-11)15(2)5-3-8-20(15)13(22)10-19-7-4-6-16-19/h4,6-7,9H,3,5,8,10H2,1-2H3,(H,17,18,21)/t15-/m0/s1. The molecule has 0 spiro atoms. The molecule has 2 aromatic rings. The van der Waals surface area contributed by atoms with Crippen molar-refractivity contribution < 1.29 is 4.79 Å². The Kier molecular flexibility index (Phi) is 3.56. The number of aromatic amines is 1. The predicted molar refractivity (Wildman–Crippen MR) is 80.1 cm³/mol. The molecule has 22 heavy (non-hydrogen) atoms. The molecule has 0 aromatic carbocycles. The van der Waals surface area contributed by atoms with E-state index in [1.807, 2.05) is 6.92 Å². The Balaban J connectivity index is 1.90. The number of hydrogen-bond donors (Lipinski definition) is 1. The molecule has 0 unspecified atom stereocenters. The fourth-order valence-electron chi connectivity index (χ4n) is 3.06. The Hall–Kier alpha value is -2.44. The Morgan fingerprint density at radius 1 is 1.50 bits per heavy atom. The van der Waals surface area contributed by atoms with Crippen LogP contribution in [0.2, 0.25) is 0 Å². The molecule has 1 fully saturated rings. The molecule has 3 rings (SSSR count). The summed E-state index contributed by atoms with van der Waals surface area (Å²) in [6.45, 7) is 4.60. The number of aromatic nitrogens is 4. The summed E-state index contributed by atoms with van der Waals surface area (Å²) in [5.41, 5.74) is -0.100. The first-order valence-electron chi connectivity index (χ1n) is 7.35. The third-order valence-electron chi connectivity index (χ3n) is 4.18. The van der Waals surface area contributed by atoms with E-state index in [1.165, 1.54) is 6.07 Å². The van der Waals surface area contributed by atoms with Crippen molar-refractivity contribution in [2.75, 3.05) is 6.54 Å². The molecule has 0 saturated carbocycles. The van der Waals surface area contributed by atoms with Gasteiger partial charge in [0.05, 0.1) is 5.54 Å². The van der Waals surface area contributed by atoms with Crippen molar-refractivity contribution in [3.05, 3.63) is 46.4 Å². The van der Waals surface area contributed by atoms with E-state index >= 15 is 0 Å². The van der Waals surface area contributed by atoms with Gasteiger partial charge < -0.3 is 9.88 Å². The van der Waals surface area contributed by atoms with Crippen molar-refractivity contribution in [1.82, 2.24) is 24.6 Å². The lowest BCUT2D eigenvalue weighted by molar-refractivity contribution is -0.136. The van der Waals surface area contributed by atoms with Gasteiger partial charge in [0, 0.05) is 30.7 Å². The number of amides is 1. The quantitative estimate of drug-likeness (QED) is 0.909. The Bertz CT molecular complexity index is 737. The van der Waals surface area contributed by atoms with Crippen molar-refractivity contribution >= 4 is 5.91 Å². The Morgan fingerprint density at radius 2 is 2.32 bits per heavy atom. The molecular weight excluding hydrogens is 282 g/mol. The number of nitrogens with zero attached hydrogens (tertiary/aromatic N) is 4. The van der Waals surface area contributed by atoms with Gasteiger partial charge in [-0.1, -0.05) is 0 Å². The van der Waals surface area contributed by atoms with Gasteiger partial charge in [0.2, 0.25) is 5.91 Å². The molecule has 2 aromatic heterocycles. The zero-order chi connectivity index (χ0) is 15.7. The van der Waals surface area contributed by atoms with Gasteiger partial charge in [-0.05, 0) is 32.8 Å². The van der Waals surface area contributed by atoms with E-state index in [0.29, 0.717) is 18.1 Å². The van der Waals surface area contributed by atoms with Crippen LogP contribution in [-0.2, 0) is 16.9 Å². The second-order valence-electron chi connectivity index (χ2n) is 5.86. The van der Waals surface area contributed by atoms with Gasteiger partial charge in [-0.2, -0.15) is 5.10 Å². The number of hydrogen-bond acceptors (Lipinski definition) is 4. The maximum Gasteiger partial charge on any atom is 0.251 e. The highest BCUT2D eigenvalue weighted by molar-refractivity contribution is 5.77. The predicted octanol–water partition coefficient (Wildman–Crippen LogP) is 0.813. The maximum absolute atomic E-state index is 12.6.